The number of halogens is 1. The van der Waals surface area contributed by atoms with Gasteiger partial charge in [0, 0.05) is 5.69 Å². The number of anilines is 1. The highest BCUT2D eigenvalue weighted by Gasteiger charge is 2.21. The van der Waals surface area contributed by atoms with Crippen LogP contribution < -0.4 is 20.1 Å². The Balaban J connectivity index is 1.38. The largest absolute Gasteiger partial charge is 0.486 e. The van der Waals surface area contributed by atoms with Crippen LogP contribution in [0.4, 0.5) is 10.1 Å². The quantitative estimate of drug-likeness (QED) is 0.755. The number of benzene rings is 2. The molecular weight excluding hydrogens is 365 g/mol. The molecule has 1 atom stereocenters. The molecule has 0 fully saturated rings. The predicted octanol–water partition coefficient (Wildman–Crippen LogP) is 1.65. The maximum Gasteiger partial charge on any atom is 0.238 e. The lowest BCUT2D eigenvalue weighted by atomic mass is 10.2. The van der Waals surface area contributed by atoms with E-state index in [1.54, 1.807) is 18.0 Å². The van der Waals surface area contributed by atoms with Crippen LogP contribution in [0.2, 0.25) is 0 Å². The van der Waals surface area contributed by atoms with Crippen molar-refractivity contribution < 1.29 is 23.5 Å². The Morgan fingerprint density at radius 3 is 2.64 bits per heavy atom. The van der Waals surface area contributed by atoms with Gasteiger partial charge in [-0.3, -0.25) is 14.5 Å². The van der Waals surface area contributed by atoms with Crippen molar-refractivity contribution in [1.82, 2.24) is 10.2 Å². The maximum atomic E-state index is 13.1. The van der Waals surface area contributed by atoms with Crippen molar-refractivity contribution in [2.45, 2.75) is 6.10 Å². The molecule has 0 saturated heterocycles. The van der Waals surface area contributed by atoms with Gasteiger partial charge < -0.3 is 20.1 Å². The zero-order valence-corrected chi connectivity index (χ0v) is 15.5. The predicted molar refractivity (Wildman–Crippen MR) is 102 cm³/mol. The molecule has 1 aliphatic heterocycles. The Morgan fingerprint density at radius 1 is 1.11 bits per heavy atom. The average molecular weight is 387 g/mol. The van der Waals surface area contributed by atoms with E-state index in [1.165, 1.54) is 18.2 Å². The Hall–Kier alpha value is -3.13. The standard InChI is InChI=1S/C20H22FN3O4/c1-24(12-20(26)23-15-6-4-5-14(21)9-15)11-19(25)22-10-16-13-27-17-7-2-3-8-18(17)28-16/h2-9,16H,10-13H2,1H3,(H,22,25)(H,23,26)/t16-/m0/s1. The number of hydrogen-bond donors (Lipinski definition) is 2. The number of fused-ring (bicyclic) bond motifs is 1. The van der Waals surface area contributed by atoms with E-state index in [1.807, 2.05) is 24.3 Å². The van der Waals surface area contributed by atoms with Crippen molar-refractivity contribution in [3.63, 3.8) is 0 Å². The summed E-state index contributed by atoms with van der Waals surface area (Å²) in [5.41, 5.74) is 0.373. The highest BCUT2D eigenvalue weighted by molar-refractivity contribution is 5.92. The van der Waals surface area contributed by atoms with Crippen LogP contribution in [0.25, 0.3) is 0 Å². The van der Waals surface area contributed by atoms with Gasteiger partial charge in [0.05, 0.1) is 19.6 Å². The van der Waals surface area contributed by atoms with Crippen molar-refractivity contribution >= 4 is 17.5 Å². The molecule has 2 aromatic rings. The molecule has 0 aliphatic carbocycles. The van der Waals surface area contributed by atoms with E-state index >= 15 is 0 Å². The first kappa shape index (κ1) is 19.6. The summed E-state index contributed by atoms with van der Waals surface area (Å²) >= 11 is 0. The van der Waals surface area contributed by atoms with Gasteiger partial charge in [0.1, 0.15) is 18.5 Å². The van der Waals surface area contributed by atoms with E-state index in [-0.39, 0.29) is 31.0 Å². The average Bonchev–Trinajstić information content (AvgIpc) is 2.66. The van der Waals surface area contributed by atoms with Crippen molar-refractivity contribution in [3.05, 3.63) is 54.3 Å². The first-order valence-corrected chi connectivity index (χ1v) is 8.89. The molecule has 2 amide bonds. The number of carbonyl (C=O) groups is 2. The van der Waals surface area contributed by atoms with Gasteiger partial charge >= 0.3 is 0 Å². The van der Waals surface area contributed by atoms with Crippen LogP contribution in [0.3, 0.4) is 0 Å². The number of nitrogens with one attached hydrogen (secondary N) is 2. The van der Waals surface area contributed by atoms with Crippen molar-refractivity contribution in [3.8, 4) is 11.5 Å². The number of amides is 2. The van der Waals surface area contributed by atoms with Gasteiger partial charge in [-0.2, -0.15) is 0 Å². The van der Waals surface area contributed by atoms with Gasteiger partial charge in [-0.1, -0.05) is 18.2 Å². The van der Waals surface area contributed by atoms with Gasteiger partial charge in [-0.15, -0.1) is 0 Å². The summed E-state index contributed by atoms with van der Waals surface area (Å²) in [5, 5.41) is 5.37. The SMILES string of the molecule is CN(CC(=O)NC[C@H]1COc2ccccc2O1)CC(=O)Nc1cccc(F)c1. The van der Waals surface area contributed by atoms with E-state index in [0.717, 1.165) is 0 Å². The molecular formula is C20H22FN3O4. The molecule has 7 nitrogen and oxygen atoms in total. The smallest absolute Gasteiger partial charge is 0.238 e. The second-order valence-corrected chi connectivity index (χ2v) is 6.53. The number of likely N-dealkylation sites (N-methyl/N-ethyl adjacent to an activating group) is 1. The van der Waals surface area contributed by atoms with E-state index in [4.69, 9.17) is 9.47 Å². The molecule has 3 rings (SSSR count). The van der Waals surface area contributed by atoms with Crippen molar-refractivity contribution in [2.75, 3.05) is 38.6 Å². The van der Waals surface area contributed by atoms with Crippen LogP contribution in [-0.2, 0) is 9.59 Å². The molecule has 0 saturated carbocycles. The van der Waals surface area contributed by atoms with E-state index < -0.39 is 5.82 Å². The first-order chi connectivity index (χ1) is 13.5. The van der Waals surface area contributed by atoms with E-state index in [0.29, 0.717) is 30.3 Å². The third kappa shape index (κ3) is 5.68. The van der Waals surface area contributed by atoms with Crippen LogP contribution in [0.15, 0.2) is 48.5 Å². The maximum absolute atomic E-state index is 13.1. The summed E-state index contributed by atoms with van der Waals surface area (Å²) < 4.78 is 24.5. The fourth-order valence-electron chi connectivity index (χ4n) is 2.76. The van der Waals surface area contributed by atoms with Crippen molar-refractivity contribution in [2.24, 2.45) is 0 Å². The van der Waals surface area contributed by atoms with Crippen molar-refractivity contribution in [1.29, 1.82) is 0 Å². The van der Waals surface area contributed by atoms with Crippen LogP contribution in [0.5, 0.6) is 11.5 Å². The molecule has 148 valence electrons. The fourth-order valence-corrected chi connectivity index (χ4v) is 2.76. The second kappa shape index (κ2) is 9.18. The highest BCUT2D eigenvalue weighted by Crippen LogP contribution is 2.30. The summed E-state index contributed by atoms with van der Waals surface area (Å²) in [5.74, 6) is 0.348. The number of rotatable bonds is 7. The Bertz CT molecular complexity index is 846. The monoisotopic (exact) mass is 387 g/mol. The van der Waals surface area contributed by atoms with Crippen LogP contribution in [0, 0.1) is 5.82 Å². The zero-order chi connectivity index (χ0) is 19.9. The number of carbonyl (C=O) groups excluding carboxylic acids is 2. The van der Waals surface area contributed by atoms with Gasteiger partial charge in [-0.05, 0) is 37.4 Å². The molecule has 0 radical (unpaired) electrons. The second-order valence-electron chi connectivity index (χ2n) is 6.53. The van der Waals surface area contributed by atoms with Gasteiger partial charge in [-0.25, -0.2) is 4.39 Å². The molecule has 0 bridgehead atoms. The molecule has 2 N–H and O–H groups in total. The number of ether oxygens (including phenoxy) is 2. The molecule has 0 spiro atoms. The molecule has 0 aromatic heterocycles. The number of hydrogen-bond acceptors (Lipinski definition) is 5. The molecule has 8 heteroatoms. The van der Waals surface area contributed by atoms with E-state index in [2.05, 4.69) is 10.6 Å². The van der Waals surface area contributed by atoms with Crippen LogP contribution in [0.1, 0.15) is 0 Å². The molecule has 0 unspecified atom stereocenters. The topological polar surface area (TPSA) is 79.9 Å². The summed E-state index contributed by atoms with van der Waals surface area (Å²) in [7, 11) is 1.65. The van der Waals surface area contributed by atoms with Crippen LogP contribution in [-0.4, -0.2) is 56.1 Å². The zero-order valence-electron chi connectivity index (χ0n) is 15.5. The molecule has 2 aromatic carbocycles. The Morgan fingerprint density at radius 2 is 1.86 bits per heavy atom. The fraction of sp³-hybridized carbons (Fsp3) is 0.300. The third-order valence-corrected chi connectivity index (χ3v) is 4.03. The molecule has 1 heterocycles. The lowest BCUT2D eigenvalue weighted by Crippen LogP contribution is -2.44. The highest BCUT2D eigenvalue weighted by atomic mass is 19.1. The summed E-state index contributed by atoms with van der Waals surface area (Å²) in [6, 6.07) is 13.0. The summed E-state index contributed by atoms with van der Waals surface area (Å²) in [6.07, 6.45) is -0.277. The minimum atomic E-state index is -0.429. The minimum Gasteiger partial charge on any atom is -0.486 e. The Kier molecular flexibility index (Phi) is 6.44. The molecule has 1 aliphatic rings. The lowest BCUT2D eigenvalue weighted by Gasteiger charge is -2.26. The normalized spacial score (nSPS) is 15.2. The summed E-state index contributed by atoms with van der Waals surface area (Å²) in [4.78, 5) is 25.7. The van der Waals surface area contributed by atoms with Gasteiger partial charge in [0.2, 0.25) is 11.8 Å². The number of nitrogens with zero attached hydrogens (tertiary/aromatic N) is 1. The van der Waals surface area contributed by atoms with E-state index in [9.17, 15) is 14.0 Å². The minimum absolute atomic E-state index is 0.000346. The lowest BCUT2D eigenvalue weighted by molar-refractivity contribution is -0.123. The summed E-state index contributed by atoms with van der Waals surface area (Å²) in [6.45, 7) is 0.695. The Labute approximate surface area is 162 Å². The number of para-hydroxylation sites is 2. The third-order valence-electron chi connectivity index (χ3n) is 4.03. The van der Waals surface area contributed by atoms with Gasteiger partial charge in [0.25, 0.3) is 0 Å². The van der Waals surface area contributed by atoms with Gasteiger partial charge in [0.15, 0.2) is 11.5 Å². The molecule has 28 heavy (non-hydrogen) atoms. The van der Waals surface area contributed by atoms with Crippen LogP contribution >= 0.6 is 0 Å². The first-order valence-electron chi connectivity index (χ1n) is 8.89.